The highest BCUT2D eigenvalue weighted by molar-refractivity contribution is 5.55. The van der Waals surface area contributed by atoms with Crippen molar-refractivity contribution in [2.45, 2.75) is 0 Å². The van der Waals surface area contributed by atoms with Gasteiger partial charge in [-0.25, -0.2) is 4.90 Å². The number of amides is 1. The average Bonchev–Trinajstić information content (AvgIpc) is 1.65. The van der Waals surface area contributed by atoms with Crippen molar-refractivity contribution in [3.63, 3.8) is 0 Å². The van der Waals surface area contributed by atoms with Crippen molar-refractivity contribution in [3.05, 3.63) is 0 Å². The van der Waals surface area contributed by atoms with Crippen LogP contribution in [0.3, 0.4) is 0 Å². The molecule has 0 bridgehead atoms. The number of methoxy groups -OCH3 is 1. The molecular weight excluding hydrogens is 94.0 g/mol. The molecule has 0 rings (SSSR count). The van der Waals surface area contributed by atoms with Gasteiger partial charge in [0.25, 0.3) is 0 Å². The van der Waals surface area contributed by atoms with Gasteiger partial charge >= 0.3 is 6.09 Å². The summed E-state index contributed by atoms with van der Waals surface area (Å²) in [5.41, 5.74) is 0. The number of carbonyl (C=O) groups is 1. The molecule has 0 aromatic heterocycles. The Hall–Kier alpha value is -0.570. The summed E-state index contributed by atoms with van der Waals surface area (Å²) in [6.45, 7) is 0. The van der Waals surface area contributed by atoms with Gasteiger partial charge in [-0.2, -0.15) is 4.79 Å². The van der Waals surface area contributed by atoms with E-state index in [2.05, 4.69) is 4.74 Å². The molecule has 0 aliphatic rings. The summed E-state index contributed by atoms with van der Waals surface area (Å²) in [5.74, 6) is 0. The minimum absolute atomic E-state index is 0.236. The molecule has 3 heteroatoms. The Labute approximate surface area is 42.9 Å². The summed E-state index contributed by atoms with van der Waals surface area (Å²) in [7, 11) is 4.80. The molecule has 0 aliphatic carbocycles. The zero-order valence-corrected chi connectivity index (χ0v) is 4.82. The van der Waals surface area contributed by atoms with Crippen LogP contribution in [0.1, 0.15) is 0 Å². The third kappa shape index (κ3) is 2.17. The Kier molecular flexibility index (Phi) is 2.37. The van der Waals surface area contributed by atoms with Crippen molar-refractivity contribution in [1.29, 1.82) is 0 Å². The second kappa shape index (κ2) is 2.58. The molecular formula is C4H10NO2+. The van der Waals surface area contributed by atoms with Gasteiger partial charge in [-0.1, -0.05) is 0 Å². The number of hydrogen-bond acceptors (Lipinski definition) is 2. The summed E-state index contributed by atoms with van der Waals surface area (Å²) >= 11 is 0. The van der Waals surface area contributed by atoms with Gasteiger partial charge in [0.2, 0.25) is 0 Å². The highest BCUT2D eigenvalue weighted by Crippen LogP contribution is 1.56. The maximum Gasteiger partial charge on any atom is 0.513 e. The van der Waals surface area contributed by atoms with Crippen LogP contribution in [-0.2, 0) is 4.74 Å². The van der Waals surface area contributed by atoms with Gasteiger partial charge in [0.15, 0.2) is 0 Å². The molecule has 7 heavy (non-hydrogen) atoms. The lowest BCUT2D eigenvalue weighted by Crippen LogP contribution is -3.08. The largest absolute Gasteiger partial charge is 0.513 e. The van der Waals surface area contributed by atoms with E-state index >= 15 is 0 Å². The Bertz CT molecular complexity index is 70.1. The minimum atomic E-state index is -0.236. The van der Waals surface area contributed by atoms with Crippen LogP contribution in [0.15, 0.2) is 0 Å². The van der Waals surface area contributed by atoms with Gasteiger partial charge in [-0.05, 0) is 0 Å². The Morgan fingerprint density at radius 2 is 2.00 bits per heavy atom. The first-order chi connectivity index (χ1) is 3.18. The van der Waals surface area contributed by atoms with E-state index in [-0.39, 0.29) is 6.09 Å². The number of hydrogen-bond donors (Lipinski definition) is 1. The van der Waals surface area contributed by atoms with Crippen LogP contribution >= 0.6 is 0 Å². The molecule has 0 aromatic carbocycles. The quantitative estimate of drug-likeness (QED) is 0.423. The lowest BCUT2D eigenvalue weighted by Gasteiger charge is -1.98. The predicted octanol–water partition coefficient (Wildman–Crippen LogP) is -1.10. The minimum Gasteiger partial charge on any atom is -0.423 e. The summed E-state index contributed by atoms with van der Waals surface area (Å²) in [6.07, 6.45) is -0.236. The summed E-state index contributed by atoms with van der Waals surface area (Å²) in [6, 6.07) is 0. The van der Waals surface area contributed by atoms with Gasteiger partial charge in [0.05, 0.1) is 21.2 Å². The third-order valence-electron chi connectivity index (χ3n) is 0.594. The molecule has 0 saturated carbocycles. The SMILES string of the molecule is COC(=O)[NH+](C)C. The van der Waals surface area contributed by atoms with Gasteiger partial charge in [0, 0.05) is 0 Å². The van der Waals surface area contributed by atoms with E-state index < -0.39 is 0 Å². The van der Waals surface area contributed by atoms with Crippen molar-refractivity contribution >= 4 is 6.09 Å². The molecule has 0 heterocycles. The molecule has 0 saturated heterocycles. The first kappa shape index (κ1) is 6.43. The van der Waals surface area contributed by atoms with E-state index in [0.717, 1.165) is 0 Å². The van der Waals surface area contributed by atoms with E-state index in [4.69, 9.17) is 0 Å². The predicted molar refractivity (Wildman–Crippen MR) is 25.2 cm³/mol. The molecule has 0 spiro atoms. The van der Waals surface area contributed by atoms with Crippen LogP contribution in [-0.4, -0.2) is 27.3 Å². The lowest BCUT2D eigenvalue weighted by molar-refractivity contribution is -0.778. The molecule has 1 N–H and O–H groups in total. The molecule has 0 radical (unpaired) electrons. The van der Waals surface area contributed by atoms with Crippen molar-refractivity contribution in [1.82, 2.24) is 0 Å². The average molecular weight is 104 g/mol. The highest BCUT2D eigenvalue weighted by atomic mass is 16.5. The maximum absolute atomic E-state index is 10.3. The Morgan fingerprint density at radius 1 is 1.57 bits per heavy atom. The van der Waals surface area contributed by atoms with Crippen molar-refractivity contribution in [2.24, 2.45) is 0 Å². The van der Waals surface area contributed by atoms with Gasteiger partial charge in [-0.3, -0.25) is 0 Å². The Balaban J connectivity index is 3.35. The van der Waals surface area contributed by atoms with Crippen LogP contribution < -0.4 is 4.90 Å². The summed E-state index contributed by atoms with van der Waals surface area (Å²) < 4.78 is 4.34. The molecule has 0 atom stereocenters. The second-order valence-electron chi connectivity index (χ2n) is 1.49. The number of alkyl carbamates (subject to hydrolysis) is 2. The fraction of sp³-hybridized carbons (Fsp3) is 0.750. The number of nitrogens with one attached hydrogen (secondary N) is 1. The van der Waals surface area contributed by atoms with Crippen molar-refractivity contribution in [2.75, 3.05) is 21.2 Å². The highest BCUT2D eigenvalue weighted by Gasteiger charge is 2.04. The normalized spacial score (nSPS) is 9.14. The summed E-state index contributed by atoms with van der Waals surface area (Å²) in [4.78, 5) is 10.9. The first-order valence-corrected chi connectivity index (χ1v) is 2.07. The van der Waals surface area contributed by atoms with Crippen LogP contribution in [0.25, 0.3) is 0 Å². The zero-order valence-electron chi connectivity index (χ0n) is 4.82. The fourth-order valence-corrected chi connectivity index (χ4v) is 0.204. The van der Waals surface area contributed by atoms with Crippen LogP contribution in [0.4, 0.5) is 4.79 Å². The zero-order chi connectivity index (χ0) is 5.86. The lowest BCUT2D eigenvalue weighted by atomic mass is 10.9. The van der Waals surface area contributed by atoms with Gasteiger partial charge in [0.1, 0.15) is 0 Å². The molecule has 0 unspecified atom stereocenters. The van der Waals surface area contributed by atoms with Crippen LogP contribution in [0.2, 0.25) is 0 Å². The topological polar surface area (TPSA) is 30.7 Å². The smallest absolute Gasteiger partial charge is 0.423 e. The van der Waals surface area contributed by atoms with E-state index in [1.165, 1.54) is 7.11 Å². The monoisotopic (exact) mass is 104 g/mol. The standard InChI is InChI=1S/C4H9NO2/c1-5(2)4(6)7-3/h1-3H3/p+1. The number of carbonyl (C=O) groups excluding carboxylic acids is 1. The van der Waals surface area contributed by atoms with E-state index in [1.54, 1.807) is 14.1 Å². The van der Waals surface area contributed by atoms with Crippen molar-refractivity contribution < 1.29 is 14.4 Å². The van der Waals surface area contributed by atoms with Crippen molar-refractivity contribution in [3.8, 4) is 0 Å². The molecule has 0 aliphatic heterocycles. The number of rotatable bonds is 0. The molecule has 0 fully saturated rings. The van der Waals surface area contributed by atoms with Gasteiger partial charge < -0.3 is 4.74 Å². The van der Waals surface area contributed by atoms with Crippen LogP contribution in [0, 0.1) is 0 Å². The van der Waals surface area contributed by atoms with Crippen LogP contribution in [0.5, 0.6) is 0 Å². The van der Waals surface area contributed by atoms with E-state index in [1.807, 2.05) is 0 Å². The fourth-order valence-electron chi connectivity index (χ4n) is 0.204. The van der Waals surface area contributed by atoms with E-state index in [9.17, 15) is 4.79 Å². The first-order valence-electron chi connectivity index (χ1n) is 2.07. The second-order valence-corrected chi connectivity index (χ2v) is 1.49. The van der Waals surface area contributed by atoms with Gasteiger partial charge in [-0.15, -0.1) is 0 Å². The molecule has 0 aromatic rings. The number of quaternary nitrogens is 1. The molecule has 3 nitrogen and oxygen atoms in total. The molecule has 1 amide bonds. The van der Waals surface area contributed by atoms with E-state index in [0.29, 0.717) is 4.90 Å². The maximum atomic E-state index is 10.3. The summed E-state index contributed by atoms with van der Waals surface area (Å²) in [5, 5.41) is 0. The number of ether oxygens (including phenoxy) is 1. The third-order valence-corrected chi connectivity index (χ3v) is 0.594. The Morgan fingerprint density at radius 3 is 2.00 bits per heavy atom. The molecule has 42 valence electrons.